The number of thioether (sulfide) groups is 1. The Kier molecular flexibility index (Phi) is 6.82. The number of sulfone groups is 1. The Bertz CT molecular complexity index is 859. The molecule has 26 heavy (non-hydrogen) atoms. The van der Waals surface area contributed by atoms with Crippen LogP contribution in [0.4, 0.5) is 0 Å². The van der Waals surface area contributed by atoms with Crippen LogP contribution >= 0.6 is 11.8 Å². The second kappa shape index (κ2) is 8.68. The average Bonchev–Trinajstić information content (AvgIpc) is 2.93. The molecule has 0 amide bonds. The number of hydrogen-bond acceptors (Lipinski definition) is 7. The fourth-order valence-electron chi connectivity index (χ4n) is 2.27. The van der Waals surface area contributed by atoms with E-state index in [-0.39, 0.29) is 28.5 Å². The predicted octanol–water partition coefficient (Wildman–Crippen LogP) is 2.62. The van der Waals surface area contributed by atoms with Crippen LogP contribution in [0, 0.1) is 6.92 Å². The molecule has 1 aromatic heterocycles. The minimum absolute atomic E-state index is 0.0982. The molecule has 0 atom stereocenters. The zero-order valence-electron chi connectivity index (χ0n) is 15.3. The van der Waals surface area contributed by atoms with Crippen molar-refractivity contribution in [2.45, 2.75) is 56.1 Å². The summed E-state index contributed by atoms with van der Waals surface area (Å²) in [4.78, 5) is 11.9. The molecule has 7 nitrogen and oxygen atoms in total. The molecular formula is C17H23N3O4S2. The molecule has 0 aliphatic rings. The van der Waals surface area contributed by atoms with E-state index >= 15 is 0 Å². The zero-order chi connectivity index (χ0) is 19.3. The average molecular weight is 398 g/mol. The summed E-state index contributed by atoms with van der Waals surface area (Å²) in [6.07, 6.45) is -0.178. The Morgan fingerprint density at radius 2 is 1.88 bits per heavy atom. The number of benzene rings is 1. The van der Waals surface area contributed by atoms with E-state index in [1.54, 1.807) is 42.7 Å². The highest BCUT2D eigenvalue weighted by atomic mass is 32.2. The van der Waals surface area contributed by atoms with E-state index in [2.05, 4.69) is 10.2 Å². The molecule has 0 N–H and O–H groups in total. The largest absolute Gasteiger partial charge is 0.462 e. The van der Waals surface area contributed by atoms with Gasteiger partial charge in [-0.2, -0.15) is 0 Å². The first-order chi connectivity index (χ1) is 12.2. The van der Waals surface area contributed by atoms with E-state index < -0.39 is 9.84 Å². The van der Waals surface area contributed by atoms with Crippen molar-refractivity contribution in [3.63, 3.8) is 0 Å². The molecule has 1 heterocycles. The van der Waals surface area contributed by atoms with E-state index in [0.717, 1.165) is 5.56 Å². The SMILES string of the molecule is CCn1c(CS(=O)(=O)c2ccc(C)cc2)nnc1SCC(=O)OC(C)C. The Hall–Kier alpha value is -1.87. The molecule has 0 unspecified atom stereocenters. The van der Waals surface area contributed by atoms with Crippen LogP contribution in [0.1, 0.15) is 32.2 Å². The van der Waals surface area contributed by atoms with Gasteiger partial charge in [0.05, 0.1) is 16.8 Å². The molecule has 1 aromatic carbocycles. The Labute approximate surface area is 158 Å². The number of aryl methyl sites for hydroxylation is 1. The first-order valence-electron chi connectivity index (χ1n) is 8.26. The highest BCUT2D eigenvalue weighted by molar-refractivity contribution is 7.99. The lowest BCUT2D eigenvalue weighted by atomic mass is 10.2. The Morgan fingerprint density at radius 3 is 2.46 bits per heavy atom. The van der Waals surface area contributed by atoms with E-state index in [1.807, 2.05) is 13.8 Å². The second-order valence-electron chi connectivity index (χ2n) is 6.04. The number of esters is 1. The number of hydrogen-bond donors (Lipinski definition) is 0. The van der Waals surface area contributed by atoms with Crippen molar-refractivity contribution < 1.29 is 17.9 Å². The highest BCUT2D eigenvalue weighted by Gasteiger charge is 2.21. The lowest BCUT2D eigenvalue weighted by molar-refractivity contribution is -0.144. The van der Waals surface area contributed by atoms with Crippen molar-refractivity contribution in [3.05, 3.63) is 35.7 Å². The summed E-state index contributed by atoms with van der Waals surface area (Å²) in [6, 6.07) is 6.71. The van der Waals surface area contributed by atoms with Crippen LogP contribution in [-0.2, 0) is 31.7 Å². The van der Waals surface area contributed by atoms with Gasteiger partial charge in [-0.1, -0.05) is 29.5 Å². The van der Waals surface area contributed by atoms with E-state index in [1.165, 1.54) is 11.8 Å². The predicted molar refractivity (Wildman–Crippen MR) is 99.7 cm³/mol. The van der Waals surface area contributed by atoms with E-state index in [9.17, 15) is 13.2 Å². The number of rotatable bonds is 8. The van der Waals surface area contributed by atoms with Gasteiger partial charge in [0.2, 0.25) is 0 Å². The molecule has 0 spiro atoms. The summed E-state index contributed by atoms with van der Waals surface area (Å²) in [7, 11) is -3.52. The van der Waals surface area contributed by atoms with Crippen LogP contribution < -0.4 is 0 Å². The third-order valence-electron chi connectivity index (χ3n) is 3.50. The first kappa shape index (κ1) is 20.4. The summed E-state index contributed by atoms with van der Waals surface area (Å²) in [5, 5.41) is 8.55. The smallest absolute Gasteiger partial charge is 0.316 e. The molecule has 0 aliphatic heterocycles. The maximum absolute atomic E-state index is 12.6. The number of carbonyl (C=O) groups is 1. The molecule has 0 radical (unpaired) electrons. The minimum Gasteiger partial charge on any atom is -0.462 e. The molecule has 0 aliphatic carbocycles. The maximum Gasteiger partial charge on any atom is 0.316 e. The number of nitrogens with zero attached hydrogens (tertiary/aromatic N) is 3. The summed E-state index contributed by atoms with van der Waals surface area (Å²) in [5.74, 6) is -0.133. The van der Waals surface area contributed by atoms with Gasteiger partial charge in [-0.3, -0.25) is 4.79 Å². The van der Waals surface area contributed by atoms with Gasteiger partial charge < -0.3 is 9.30 Å². The lowest BCUT2D eigenvalue weighted by Crippen LogP contribution is -2.14. The first-order valence-corrected chi connectivity index (χ1v) is 10.9. The topological polar surface area (TPSA) is 91.1 Å². The second-order valence-corrected chi connectivity index (χ2v) is 8.97. The van der Waals surface area contributed by atoms with Gasteiger partial charge in [-0.25, -0.2) is 8.42 Å². The highest BCUT2D eigenvalue weighted by Crippen LogP contribution is 2.21. The standard InChI is InChI=1S/C17H23N3O4S2/c1-5-20-15(11-26(22,23)14-8-6-13(4)7-9-14)18-19-17(20)25-10-16(21)24-12(2)3/h6-9,12H,5,10-11H2,1-4H3. The molecular weight excluding hydrogens is 374 g/mol. The van der Waals surface area contributed by atoms with Gasteiger partial charge in [0.15, 0.2) is 15.0 Å². The number of carbonyl (C=O) groups excluding carboxylic acids is 1. The third kappa shape index (κ3) is 5.31. The minimum atomic E-state index is -3.52. The van der Waals surface area contributed by atoms with E-state index in [0.29, 0.717) is 17.5 Å². The quantitative estimate of drug-likeness (QED) is 0.499. The molecule has 0 bridgehead atoms. The summed E-state index contributed by atoms with van der Waals surface area (Å²) in [5.41, 5.74) is 0.993. The van der Waals surface area contributed by atoms with Gasteiger partial charge in [0.1, 0.15) is 11.6 Å². The van der Waals surface area contributed by atoms with Crippen molar-refractivity contribution in [1.29, 1.82) is 0 Å². The molecule has 0 fully saturated rings. The molecule has 142 valence electrons. The van der Waals surface area contributed by atoms with Gasteiger partial charge in [-0.15, -0.1) is 10.2 Å². The zero-order valence-corrected chi connectivity index (χ0v) is 16.9. The number of ether oxygens (including phenoxy) is 1. The molecule has 2 rings (SSSR count). The fraction of sp³-hybridized carbons (Fsp3) is 0.471. The third-order valence-corrected chi connectivity index (χ3v) is 6.06. The van der Waals surface area contributed by atoms with Crippen molar-refractivity contribution in [3.8, 4) is 0 Å². The molecule has 0 saturated heterocycles. The summed E-state index contributed by atoms with van der Waals surface area (Å²) < 4.78 is 32.0. The van der Waals surface area contributed by atoms with Crippen LogP contribution in [0.25, 0.3) is 0 Å². The van der Waals surface area contributed by atoms with Crippen molar-refractivity contribution in [2.75, 3.05) is 5.75 Å². The Morgan fingerprint density at radius 1 is 1.23 bits per heavy atom. The van der Waals surface area contributed by atoms with Crippen LogP contribution in [0.3, 0.4) is 0 Å². The molecule has 0 saturated carbocycles. The van der Waals surface area contributed by atoms with E-state index in [4.69, 9.17) is 4.74 Å². The van der Waals surface area contributed by atoms with Crippen molar-refractivity contribution in [2.24, 2.45) is 0 Å². The summed E-state index contributed by atoms with van der Waals surface area (Å²) in [6.45, 7) is 7.85. The summed E-state index contributed by atoms with van der Waals surface area (Å²) >= 11 is 1.19. The lowest BCUT2D eigenvalue weighted by Gasteiger charge is -2.09. The van der Waals surface area contributed by atoms with Crippen LogP contribution in [0.15, 0.2) is 34.3 Å². The van der Waals surface area contributed by atoms with Crippen molar-refractivity contribution >= 4 is 27.6 Å². The fourth-order valence-corrected chi connectivity index (χ4v) is 4.34. The number of aromatic nitrogens is 3. The van der Waals surface area contributed by atoms with Crippen LogP contribution in [0.5, 0.6) is 0 Å². The Balaban J connectivity index is 2.14. The van der Waals surface area contributed by atoms with Crippen molar-refractivity contribution in [1.82, 2.24) is 14.8 Å². The van der Waals surface area contributed by atoms with Gasteiger partial charge in [0.25, 0.3) is 0 Å². The van der Waals surface area contributed by atoms with Crippen LogP contribution in [-0.4, -0.2) is 41.0 Å². The van der Waals surface area contributed by atoms with Crippen LogP contribution in [0.2, 0.25) is 0 Å². The monoisotopic (exact) mass is 397 g/mol. The van der Waals surface area contributed by atoms with Gasteiger partial charge >= 0.3 is 5.97 Å². The molecule has 9 heteroatoms. The maximum atomic E-state index is 12.6. The molecule has 2 aromatic rings. The van der Waals surface area contributed by atoms with Gasteiger partial charge in [0, 0.05) is 6.54 Å². The normalized spacial score (nSPS) is 11.7. The van der Waals surface area contributed by atoms with Gasteiger partial charge in [-0.05, 0) is 39.8 Å².